The molecule has 0 bridgehead atoms. The summed E-state index contributed by atoms with van der Waals surface area (Å²) < 4.78 is 10.9. The fraction of sp³-hybridized carbons (Fsp3) is 0.231. The average molecular weight is 463 g/mol. The van der Waals surface area contributed by atoms with Gasteiger partial charge in [0, 0.05) is 24.6 Å². The number of para-hydroxylation sites is 1. The van der Waals surface area contributed by atoms with Crippen LogP contribution in [0.15, 0.2) is 77.7 Å². The van der Waals surface area contributed by atoms with E-state index < -0.39 is 17.3 Å². The van der Waals surface area contributed by atoms with Crippen molar-refractivity contribution in [2.45, 2.75) is 29.7 Å². The standard InChI is InChI=1S/C26H26N2O4S/c1-17(29)32-24-25(19-10-14-21(31-3)15-11-19)33-23-7-5-4-6-22(23)28(26(24)30)16-18-8-12-20(27-2)13-9-18/h4-15,24-25,27H,16H2,1-3H3/t24-,25+/m1/s1. The third-order valence-electron chi connectivity index (χ3n) is 5.51. The number of fused-ring (bicyclic) bond motifs is 1. The van der Waals surface area contributed by atoms with E-state index in [1.807, 2.05) is 79.8 Å². The summed E-state index contributed by atoms with van der Waals surface area (Å²) in [6, 6.07) is 23.2. The number of hydrogen-bond acceptors (Lipinski definition) is 6. The second-order valence-electron chi connectivity index (χ2n) is 7.68. The summed E-state index contributed by atoms with van der Waals surface area (Å²) in [5.74, 6) is -0.0160. The minimum absolute atomic E-state index is 0.249. The molecular weight excluding hydrogens is 436 g/mol. The van der Waals surface area contributed by atoms with Gasteiger partial charge in [0.25, 0.3) is 5.91 Å². The topological polar surface area (TPSA) is 67.9 Å². The Morgan fingerprint density at radius 1 is 1.03 bits per heavy atom. The average Bonchev–Trinajstić information content (AvgIpc) is 2.95. The number of nitrogens with one attached hydrogen (secondary N) is 1. The van der Waals surface area contributed by atoms with Crippen LogP contribution < -0.4 is 15.0 Å². The van der Waals surface area contributed by atoms with E-state index in [9.17, 15) is 9.59 Å². The van der Waals surface area contributed by atoms with Gasteiger partial charge in [-0.05, 0) is 47.5 Å². The van der Waals surface area contributed by atoms with Gasteiger partial charge in [-0.2, -0.15) is 0 Å². The van der Waals surface area contributed by atoms with Gasteiger partial charge in [-0.3, -0.25) is 9.59 Å². The van der Waals surface area contributed by atoms with Gasteiger partial charge in [0.05, 0.1) is 24.6 Å². The van der Waals surface area contributed by atoms with Crippen LogP contribution in [-0.2, 0) is 20.9 Å². The Labute approximate surface area is 197 Å². The third-order valence-corrected chi connectivity index (χ3v) is 6.89. The summed E-state index contributed by atoms with van der Waals surface area (Å²) in [7, 11) is 3.47. The number of nitrogens with zero attached hydrogens (tertiary/aromatic N) is 1. The molecule has 1 heterocycles. The minimum atomic E-state index is -0.968. The smallest absolute Gasteiger partial charge is 0.303 e. The van der Waals surface area contributed by atoms with Crippen molar-refractivity contribution in [2.75, 3.05) is 24.4 Å². The summed E-state index contributed by atoms with van der Waals surface area (Å²) in [5, 5.41) is 2.70. The lowest BCUT2D eigenvalue weighted by molar-refractivity contribution is -0.152. The molecule has 33 heavy (non-hydrogen) atoms. The quantitative estimate of drug-likeness (QED) is 0.517. The third kappa shape index (κ3) is 4.98. The number of rotatable bonds is 6. The van der Waals surface area contributed by atoms with E-state index in [-0.39, 0.29) is 5.91 Å². The largest absolute Gasteiger partial charge is 0.497 e. The molecule has 6 nitrogen and oxygen atoms in total. The van der Waals surface area contributed by atoms with Gasteiger partial charge in [-0.15, -0.1) is 11.8 Å². The molecule has 0 saturated carbocycles. The molecule has 3 aromatic carbocycles. The lowest BCUT2D eigenvalue weighted by Crippen LogP contribution is -2.42. The molecule has 0 fully saturated rings. The number of ether oxygens (including phenoxy) is 2. The molecule has 1 amide bonds. The van der Waals surface area contributed by atoms with Gasteiger partial charge in [0.1, 0.15) is 5.75 Å². The second kappa shape index (κ2) is 10.0. The van der Waals surface area contributed by atoms with Crippen molar-refractivity contribution >= 4 is 35.0 Å². The summed E-state index contributed by atoms with van der Waals surface area (Å²) in [6.07, 6.45) is -0.968. The Morgan fingerprint density at radius 3 is 2.36 bits per heavy atom. The lowest BCUT2D eigenvalue weighted by Gasteiger charge is -2.27. The number of benzene rings is 3. The van der Waals surface area contributed by atoms with Gasteiger partial charge in [-0.25, -0.2) is 0 Å². The van der Waals surface area contributed by atoms with Crippen molar-refractivity contribution in [2.24, 2.45) is 0 Å². The van der Waals surface area contributed by atoms with Gasteiger partial charge >= 0.3 is 5.97 Å². The van der Waals surface area contributed by atoms with E-state index in [1.54, 1.807) is 12.0 Å². The van der Waals surface area contributed by atoms with E-state index in [2.05, 4.69) is 5.32 Å². The van der Waals surface area contributed by atoms with Crippen molar-refractivity contribution in [3.05, 3.63) is 83.9 Å². The van der Waals surface area contributed by atoms with Gasteiger partial charge in [-0.1, -0.05) is 36.4 Å². The number of hydrogen-bond donors (Lipinski definition) is 1. The number of methoxy groups -OCH3 is 1. The van der Waals surface area contributed by atoms with Crippen LogP contribution in [0.25, 0.3) is 0 Å². The number of amides is 1. The molecule has 2 atom stereocenters. The van der Waals surface area contributed by atoms with Crippen molar-refractivity contribution in [1.82, 2.24) is 0 Å². The van der Waals surface area contributed by atoms with Crippen LogP contribution in [-0.4, -0.2) is 32.1 Å². The molecule has 1 aliphatic rings. The molecule has 7 heteroatoms. The Bertz CT molecular complexity index is 1130. The molecule has 0 unspecified atom stereocenters. The minimum Gasteiger partial charge on any atom is -0.497 e. The maximum absolute atomic E-state index is 13.9. The zero-order chi connectivity index (χ0) is 23.4. The van der Waals surface area contributed by atoms with E-state index in [4.69, 9.17) is 9.47 Å². The maximum Gasteiger partial charge on any atom is 0.303 e. The van der Waals surface area contributed by atoms with Crippen LogP contribution in [0.4, 0.5) is 11.4 Å². The summed E-state index contributed by atoms with van der Waals surface area (Å²) >= 11 is 1.53. The molecule has 0 aliphatic carbocycles. The summed E-state index contributed by atoms with van der Waals surface area (Å²) in [6.45, 7) is 1.70. The Balaban J connectivity index is 1.76. The van der Waals surface area contributed by atoms with Crippen LogP contribution in [0.2, 0.25) is 0 Å². The van der Waals surface area contributed by atoms with E-state index in [0.717, 1.165) is 33.1 Å². The molecule has 170 valence electrons. The van der Waals surface area contributed by atoms with Gasteiger partial charge in [0.2, 0.25) is 0 Å². The van der Waals surface area contributed by atoms with Crippen LogP contribution in [0.1, 0.15) is 23.3 Å². The molecule has 4 rings (SSSR count). The number of carbonyl (C=O) groups excluding carboxylic acids is 2. The Hall–Kier alpha value is -3.45. The monoisotopic (exact) mass is 462 g/mol. The SMILES string of the molecule is CNc1ccc(CN2C(=O)[C@H](OC(C)=O)[C@H](c3ccc(OC)cc3)Sc3ccccc32)cc1. The van der Waals surface area contributed by atoms with E-state index >= 15 is 0 Å². The molecule has 0 radical (unpaired) electrons. The number of carbonyl (C=O) groups is 2. The van der Waals surface area contributed by atoms with Gasteiger partial charge in [0.15, 0.2) is 6.10 Å². The highest BCUT2D eigenvalue weighted by Crippen LogP contribution is 2.47. The zero-order valence-corrected chi connectivity index (χ0v) is 19.6. The zero-order valence-electron chi connectivity index (χ0n) is 18.8. The molecule has 0 saturated heterocycles. The Morgan fingerprint density at radius 2 is 1.73 bits per heavy atom. The van der Waals surface area contributed by atoms with E-state index in [0.29, 0.717) is 6.54 Å². The first kappa shape index (κ1) is 22.7. The van der Waals surface area contributed by atoms with Gasteiger partial charge < -0.3 is 19.7 Å². The first-order valence-corrected chi connectivity index (χ1v) is 11.5. The fourth-order valence-corrected chi connectivity index (χ4v) is 5.15. The molecule has 1 aliphatic heterocycles. The van der Waals surface area contributed by atoms with E-state index in [1.165, 1.54) is 18.7 Å². The normalized spacial score (nSPS) is 17.7. The molecule has 3 aromatic rings. The predicted molar refractivity (Wildman–Crippen MR) is 131 cm³/mol. The molecule has 0 spiro atoms. The van der Waals surface area contributed by atoms with Crippen LogP contribution in [0.5, 0.6) is 5.75 Å². The van der Waals surface area contributed by atoms with Crippen LogP contribution >= 0.6 is 11.8 Å². The van der Waals surface area contributed by atoms with Crippen molar-refractivity contribution in [3.8, 4) is 5.75 Å². The van der Waals surface area contributed by atoms with Crippen molar-refractivity contribution in [3.63, 3.8) is 0 Å². The maximum atomic E-state index is 13.9. The first-order valence-electron chi connectivity index (χ1n) is 10.6. The molecular formula is C26H26N2O4S. The van der Waals surface area contributed by atoms with Crippen LogP contribution in [0, 0.1) is 0 Å². The summed E-state index contributed by atoms with van der Waals surface area (Å²) in [5.41, 5.74) is 3.66. The highest BCUT2D eigenvalue weighted by molar-refractivity contribution is 7.99. The van der Waals surface area contributed by atoms with Crippen molar-refractivity contribution < 1.29 is 19.1 Å². The molecule has 0 aromatic heterocycles. The molecule has 1 N–H and O–H groups in total. The predicted octanol–water partition coefficient (Wildman–Crippen LogP) is 5.05. The highest BCUT2D eigenvalue weighted by atomic mass is 32.2. The number of thioether (sulfide) groups is 1. The summed E-state index contributed by atoms with van der Waals surface area (Å²) in [4.78, 5) is 28.6. The fourth-order valence-electron chi connectivity index (χ4n) is 3.83. The number of esters is 1. The Kier molecular flexibility index (Phi) is 6.89. The first-order chi connectivity index (χ1) is 16.0. The van der Waals surface area contributed by atoms with Crippen LogP contribution in [0.3, 0.4) is 0 Å². The highest BCUT2D eigenvalue weighted by Gasteiger charge is 2.40. The van der Waals surface area contributed by atoms with Crippen molar-refractivity contribution in [1.29, 1.82) is 0 Å². The lowest BCUT2D eigenvalue weighted by atomic mass is 10.0. The second-order valence-corrected chi connectivity index (χ2v) is 8.86. The number of anilines is 2.